The van der Waals surface area contributed by atoms with Crippen LogP contribution in [0.25, 0.3) is 0 Å². The Morgan fingerprint density at radius 1 is 1.31 bits per heavy atom. The third-order valence-corrected chi connectivity index (χ3v) is 2.75. The lowest BCUT2D eigenvalue weighted by atomic mass is 9.75. The van der Waals surface area contributed by atoms with Crippen LogP contribution in [-0.4, -0.2) is 28.6 Å². The van der Waals surface area contributed by atoms with Crippen LogP contribution in [0.1, 0.15) is 25.7 Å². The Balaban J connectivity index is 2.83. The molecule has 1 aliphatic carbocycles. The maximum atomic E-state index is 12.4. The number of halogens is 3. The van der Waals surface area contributed by atoms with Gasteiger partial charge in [-0.1, -0.05) is 12.8 Å². The molecule has 0 aromatic rings. The van der Waals surface area contributed by atoms with Crippen molar-refractivity contribution in [1.29, 1.82) is 0 Å². The van der Waals surface area contributed by atoms with E-state index < -0.39 is 24.3 Å². The molecule has 2 unspecified atom stereocenters. The van der Waals surface area contributed by atoms with Crippen molar-refractivity contribution in [2.45, 2.75) is 37.5 Å². The molecule has 1 aliphatic rings. The zero-order chi connectivity index (χ0) is 10.1. The van der Waals surface area contributed by atoms with E-state index in [0.29, 0.717) is 12.8 Å². The summed E-state index contributed by atoms with van der Waals surface area (Å²) in [5, 5.41) is 18.1. The smallest absolute Gasteiger partial charge is 0.396 e. The number of aliphatic hydroxyl groups excluding tert-OH is 1. The number of alkyl halides is 3. The summed E-state index contributed by atoms with van der Waals surface area (Å²) < 4.78 is 37.2. The first kappa shape index (κ1) is 10.8. The summed E-state index contributed by atoms with van der Waals surface area (Å²) in [6, 6.07) is 0. The summed E-state index contributed by atoms with van der Waals surface area (Å²) in [4.78, 5) is 0. The Kier molecular flexibility index (Phi) is 2.87. The van der Waals surface area contributed by atoms with Crippen LogP contribution < -0.4 is 0 Å². The second kappa shape index (κ2) is 3.46. The highest BCUT2D eigenvalue weighted by atomic mass is 19.4. The maximum absolute atomic E-state index is 12.4. The fourth-order valence-electron chi connectivity index (χ4n) is 1.84. The van der Waals surface area contributed by atoms with Gasteiger partial charge in [-0.05, 0) is 12.8 Å². The van der Waals surface area contributed by atoms with Gasteiger partial charge in [0.05, 0.1) is 0 Å². The van der Waals surface area contributed by atoms with Crippen LogP contribution in [0.5, 0.6) is 0 Å². The minimum Gasteiger partial charge on any atom is -0.396 e. The molecule has 0 amide bonds. The van der Waals surface area contributed by atoms with Gasteiger partial charge in [-0.15, -0.1) is 0 Å². The van der Waals surface area contributed by atoms with Crippen LogP contribution in [0, 0.1) is 5.92 Å². The number of hydrogen-bond acceptors (Lipinski definition) is 2. The fraction of sp³-hybridized carbons (Fsp3) is 1.00. The van der Waals surface area contributed by atoms with E-state index in [2.05, 4.69) is 0 Å². The highest BCUT2D eigenvalue weighted by molar-refractivity contribution is 4.95. The van der Waals surface area contributed by atoms with E-state index in [1.54, 1.807) is 0 Å². The molecule has 0 aliphatic heterocycles. The summed E-state index contributed by atoms with van der Waals surface area (Å²) in [7, 11) is 0. The molecule has 2 nitrogen and oxygen atoms in total. The first-order valence-corrected chi connectivity index (χ1v) is 4.32. The summed E-state index contributed by atoms with van der Waals surface area (Å²) in [5.74, 6) is -1.05. The zero-order valence-corrected chi connectivity index (χ0v) is 7.14. The third-order valence-electron chi connectivity index (χ3n) is 2.75. The largest absolute Gasteiger partial charge is 0.417 e. The van der Waals surface area contributed by atoms with Gasteiger partial charge in [0.2, 0.25) is 0 Å². The van der Waals surface area contributed by atoms with Crippen LogP contribution in [0.2, 0.25) is 0 Å². The van der Waals surface area contributed by atoms with Gasteiger partial charge in [-0.2, -0.15) is 13.2 Å². The van der Waals surface area contributed by atoms with Crippen molar-refractivity contribution in [2.75, 3.05) is 6.61 Å². The van der Waals surface area contributed by atoms with Crippen molar-refractivity contribution >= 4 is 0 Å². The fourth-order valence-corrected chi connectivity index (χ4v) is 1.84. The summed E-state index contributed by atoms with van der Waals surface area (Å²) >= 11 is 0. The highest BCUT2D eigenvalue weighted by Crippen LogP contribution is 2.44. The second-order valence-corrected chi connectivity index (χ2v) is 3.55. The first-order chi connectivity index (χ1) is 5.92. The lowest BCUT2D eigenvalue weighted by Crippen LogP contribution is -2.54. The molecule has 0 bridgehead atoms. The molecule has 0 aromatic carbocycles. The highest BCUT2D eigenvalue weighted by Gasteiger charge is 2.58. The minimum absolute atomic E-state index is 0.243. The van der Waals surface area contributed by atoms with Gasteiger partial charge in [0.15, 0.2) is 5.60 Å². The van der Waals surface area contributed by atoms with E-state index in [1.165, 1.54) is 0 Å². The second-order valence-electron chi connectivity index (χ2n) is 3.55. The first-order valence-electron chi connectivity index (χ1n) is 4.32. The van der Waals surface area contributed by atoms with Crippen LogP contribution in [0.4, 0.5) is 13.2 Å². The Morgan fingerprint density at radius 2 is 1.92 bits per heavy atom. The molecule has 13 heavy (non-hydrogen) atoms. The number of rotatable bonds is 1. The molecule has 5 heteroatoms. The van der Waals surface area contributed by atoms with E-state index in [0.717, 1.165) is 0 Å². The molecule has 0 spiro atoms. The molecule has 0 aromatic heterocycles. The Labute approximate surface area is 74.4 Å². The van der Waals surface area contributed by atoms with Crippen molar-refractivity contribution in [1.82, 2.24) is 0 Å². The molecule has 1 fully saturated rings. The van der Waals surface area contributed by atoms with Gasteiger partial charge < -0.3 is 10.2 Å². The summed E-state index contributed by atoms with van der Waals surface area (Å²) in [6.45, 7) is -0.601. The average molecular weight is 198 g/mol. The van der Waals surface area contributed by atoms with E-state index in [1.807, 2.05) is 0 Å². The van der Waals surface area contributed by atoms with Crippen LogP contribution in [-0.2, 0) is 0 Å². The zero-order valence-electron chi connectivity index (χ0n) is 7.14. The lowest BCUT2D eigenvalue weighted by molar-refractivity contribution is -0.291. The van der Waals surface area contributed by atoms with Crippen molar-refractivity contribution in [2.24, 2.45) is 5.92 Å². The Morgan fingerprint density at radius 3 is 2.31 bits per heavy atom. The van der Waals surface area contributed by atoms with Crippen LogP contribution in [0.15, 0.2) is 0 Å². The maximum Gasteiger partial charge on any atom is 0.417 e. The quantitative estimate of drug-likeness (QED) is 0.669. The molecular weight excluding hydrogens is 185 g/mol. The molecule has 2 atom stereocenters. The summed E-state index contributed by atoms with van der Waals surface area (Å²) in [6.07, 6.45) is -3.66. The molecular formula is C8H13F3O2. The predicted molar refractivity (Wildman–Crippen MR) is 40.0 cm³/mol. The summed E-state index contributed by atoms with van der Waals surface area (Å²) in [5.41, 5.74) is -2.67. The average Bonchev–Trinajstić information content (AvgIpc) is 2.03. The van der Waals surface area contributed by atoms with Gasteiger partial charge in [-0.3, -0.25) is 0 Å². The number of aliphatic hydroxyl groups is 2. The van der Waals surface area contributed by atoms with Crippen molar-refractivity contribution in [3.63, 3.8) is 0 Å². The molecule has 0 saturated heterocycles. The lowest BCUT2D eigenvalue weighted by Gasteiger charge is -2.40. The van der Waals surface area contributed by atoms with Gasteiger partial charge in [0.25, 0.3) is 0 Å². The van der Waals surface area contributed by atoms with Gasteiger partial charge in [0, 0.05) is 12.5 Å². The number of hydrogen-bond donors (Lipinski definition) is 2. The van der Waals surface area contributed by atoms with Crippen LogP contribution in [0.3, 0.4) is 0 Å². The van der Waals surface area contributed by atoms with Gasteiger partial charge >= 0.3 is 6.18 Å². The molecule has 78 valence electrons. The predicted octanol–water partition coefficient (Wildman–Crippen LogP) is 1.46. The van der Waals surface area contributed by atoms with E-state index in [4.69, 9.17) is 5.11 Å². The molecule has 0 heterocycles. The minimum atomic E-state index is -4.62. The van der Waals surface area contributed by atoms with E-state index >= 15 is 0 Å². The van der Waals surface area contributed by atoms with Crippen molar-refractivity contribution in [3.05, 3.63) is 0 Å². The molecule has 2 N–H and O–H groups in total. The SMILES string of the molecule is OCC1CCCCC1(O)C(F)(F)F. The monoisotopic (exact) mass is 198 g/mol. The van der Waals surface area contributed by atoms with Gasteiger partial charge in [0.1, 0.15) is 0 Å². The Bertz CT molecular complexity index is 181. The van der Waals surface area contributed by atoms with E-state index in [9.17, 15) is 18.3 Å². The molecule has 0 radical (unpaired) electrons. The van der Waals surface area contributed by atoms with E-state index in [-0.39, 0.29) is 12.8 Å². The molecule has 1 saturated carbocycles. The topological polar surface area (TPSA) is 40.5 Å². The van der Waals surface area contributed by atoms with Crippen molar-refractivity contribution in [3.8, 4) is 0 Å². The van der Waals surface area contributed by atoms with Gasteiger partial charge in [-0.25, -0.2) is 0 Å². The third kappa shape index (κ3) is 1.81. The standard InChI is InChI=1S/C8H13F3O2/c9-8(10,11)7(13)4-2-1-3-6(7)5-12/h6,12-13H,1-5H2. The molecule has 1 rings (SSSR count). The Hall–Kier alpha value is -0.290. The normalized spacial score (nSPS) is 36.2. The van der Waals surface area contributed by atoms with Crippen LogP contribution >= 0.6 is 0 Å². The van der Waals surface area contributed by atoms with Crippen molar-refractivity contribution < 1.29 is 23.4 Å².